The first-order valence-electron chi connectivity index (χ1n) is 14.8. The molecule has 47 heavy (non-hydrogen) atoms. The second kappa shape index (κ2) is 15.4. The van der Waals surface area contributed by atoms with Crippen molar-refractivity contribution in [2.45, 2.75) is 46.1 Å². The van der Waals surface area contributed by atoms with Gasteiger partial charge in [-0.2, -0.15) is 15.8 Å². The molecule has 3 aromatic rings. The van der Waals surface area contributed by atoms with Gasteiger partial charge in [0.05, 0.1) is 23.4 Å². The summed E-state index contributed by atoms with van der Waals surface area (Å²) < 4.78 is 71.4. The molecule has 0 saturated carbocycles. The van der Waals surface area contributed by atoms with E-state index in [1.54, 1.807) is 35.7 Å². The Bertz CT molecular complexity index is 1840. The third kappa shape index (κ3) is 6.96. The number of anilines is 1. The van der Waals surface area contributed by atoms with Gasteiger partial charge < -0.3 is 9.80 Å². The van der Waals surface area contributed by atoms with Gasteiger partial charge >= 0.3 is 0 Å². The van der Waals surface area contributed by atoms with Crippen LogP contribution in [0, 0.1) is 63.1 Å². The summed E-state index contributed by atoms with van der Waals surface area (Å²) in [4.78, 5) is 17.4. The summed E-state index contributed by atoms with van der Waals surface area (Å²) in [7, 11) is 0. The van der Waals surface area contributed by atoms with Gasteiger partial charge in [0.1, 0.15) is 18.2 Å². The lowest BCUT2D eigenvalue weighted by atomic mass is 9.96. The van der Waals surface area contributed by atoms with E-state index in [9.17, 15) is 42.5 Å². The molecular formula is C35H28F5N5OS. The van der Waals surface area contributed by atoms with Crippen molar-refractivity contribution in [3.8, 4) is 18.2 Å². The maximum atomic E-state index is 14.8. The number of benzene rings is 2. The van der Waals surface area contributed by atoms with E-state index >= 15 is 0 Å². The molecule has 4 rings (SSSR count). The van der Waals surface area contributed by atoms with Crippen molar-refractivity contribution >= 4 is 34.6 Å². The predicted molar refractivity (Wildman–Crippen MR) is 168 cm³/mol. The van der Waals surface area contributed by atoms with Crippen LogP contribution in [0.1, 0.15) is 55.5 Å². The summed E-state index contributed by atoms with van der Waals surface area (Å²) >= 11 is 1.22. The van der Waals surface area contributed by atoms with Crippen molar-refractivity contribution in [2.75, 3.05) is 18.0 Å². The number of unbranched alkanes of at least 4 members (excludes halogenated alkanes) is 2. The minimum atomic E-state index is -2.38. The lowest BCUT2D eigenvalue weighted by Crippen LogP contribution is -2.28. The molecule has 0 fully saturated rings. The van der Waals surface area contributed by atoms with Crippen molar-refractivity contribution in [1.82, 2.24) is 4.90 Å². The smallest absolute Gasteiger partial charge is 0.260 e. The average Bonchev–Trinajstić information content (AvgIpc) is 3.71. The molecule has 2 heterocycles. The van der Waals surface area contributed by atoms with Crippen molar-refractivity contribution in [3.63, 3.8) is 0 Å². The number of thiophene rings is 1. The fourth-order valence-corrected chi connectivity index (χ4v) is 5.91. The number of allylic oxidation sites excluding steroid dienone is 2. The van der Waals surface area contributed by atoms with E-state index in [2.05, 4.69) is 18.7 Å². The molecule has 0 bridgehead atoms. The van der Waals surface area contributed by atoms with Gasteiger partial charge in [-0.3, -0.25) is 4.79 Å². The summed E-state index contributed by atoms with van der Waals surface area (Å²) in [6.45, 7) is 4.75. The maximum absolute atomic E-state index is 14.8. The van der Waals surface area contributed by atoms with E-state index in [0.717, 1.165) is 44.5 Å². The van der Waals surface area contributed by atoms with Gasteiger partial charge in [-0.05, 0) is 48.1 Å². The van der Waals surface area contributed by atoms with Crippen LogP contribution in [0.2, 0.25) is 0 Å². The molecule has 1 aromatic heterocycles. The topological polar surface area (TPSA) is 94.9 Å². The van der Waals surface area contributed by atoms with E-state index in [1.807, 2.05) is 30.3 Å². The minimum Gasteiger partial charge on any atom is -0.372 e. The van der Waals surface area contributed by atoms with Crippen molar-refractivity contribution in [3.05, 3.63) is 109 Å². The zero-order valence-corrected chi connectivity index (χ0v) is 26.3. The number of carbonyl (C=O) groups is 1. The summed E-state index contributed by atoms with van der Waals surface area (Å²) in [6.07, 6.45) is 5.74. The molecule has 0 atom stereocenters. The molecule has 1 amide bonds. The zero-order chi connectivity index (χ0) is 34.2. The molecular weight excluding hydrogens is 633 g/mol. The lowest BCUT2D eigenvalue weighted by molar-refractivity contribution is -0.124. The van der Waals surface area contributed by atoms with Crippen LogP contribution in [0.3, 0.4) is 0 Å². The SMILES string of the molecule is CCCCN(CCCC)c1ccc(/C=C(/C2=C(C#N)C(=C(C#N)C#N)N(Cc3c(F)c(F)c(F)c(F)c3F)C2=O)c2cccs2)cc1. The van der Waals surface area contributed by atoms with Gasteiger partial charge in [-0.1, -0.05) is 44.9 Å². The van der Waals surface area contributed by atoms with Crippen molar-refractivity contribution in [1.29, 1.82) is 15.8 Å². The molecule has 0 spiro atoms. The quantitative estimate of drug-likeness (QED) is 0.0839. The second-order valence-corrected chi connectivity index (χ2v) is 11.5. The van der Waals surface area contributed by atoms with Crippen molar-refractivity contribution in [2.24, 2.45) is 0 Å². The molecule has 0 saturated heterocycles. The number of hydrogen-bond donors (Lipinski definition) is 0. The van der Waals surface area contributed by atoms with Gasteiger partial charge in [0.25, 0.3) is 5.91 Å². The fourth-order valence-electron chi connectivity index (χ4n) is 5.16. The number of amides is 1. The monoisotopic (exact) mass is 661 g/mol. The molecule has 0 N–H and O–H groups in total. The standard InChI is InChI=1S/C35H28F5N5OS/c1-3-5-13-44(14-6-4-2)23-11-9-21(10-12-23)16-24(27-8-7-15-47-27)28-25(19-43)34(22(17-41)18-42)45(35(28)46)20-26-29(36)31(38)33(40)32(39)30(26)37/h7-12,15-16H,3-6,13-14,20H2,1-2H3/b24-16+. The van der Waals surface area contributed by atoms with E-state index < -0.39 is 63.9 Å². The first-order chi connectivity index (χ1) is 22.6. The third-order valence-corrected chi connectivity index (χ3v) is 8.50. The van der Waals surface area contributed by atoms with Crippen LogP contribution in [0.4, 0.5) is 27.6 Å². The first-order valence-corrected chi connectivity index (χ1v) is 15.6. The number of nitriles is 3. The first kappa shape index (κ1) is 34.6. The Morgan fingerprint density at radius 2 is 1.45 bits per heavy atom. The Kier molecular flexibility index (Phi) is 11.3. The Balaban J connectivity index is 1.88. The highest BCUT2D eigenvalue weighted by Crippen LogP contribution is 2.42. The van der Waals surface area contributed by atoms with Gasteiger partial charge in [0.2, 0.25) is 5.82 Å². The minimum absolute atomic E-state index is 0.204. The van der Waals surface area contributed by atoms with E-state index in [0.29, 0.717) is 15.3 Å². The predicted octanol–water partition coefficient (Wildman–Crippen LogP) is 8.55. The van der Waals surface area contributed by atoms with Crippen molar-refractivity contribution < 1.29 is 26.7 Å². The highest BCUT2D eigenvalue weighted by atomic mass is 32.1. The Morgan fingerprint density at radius 1 is 0.872 bits per heavy atom. The van der Waals surface area contributed by atoms with Gasteiger partial charge in [0.15, 0.2) is 28.8 Å². The maximum Gasteiger partial charge on any atom is 0.260 e. The Hall–Kier alpha value is -5.25. The van der Waals surface area contributed by atoms with E-state index in [1.165, 1.54) is 11.3 Å². The molecule has 2 aromatic carbocycles. The molecule has 12 heteroatoms. The normalized spacial score (nSPS) is 13.1. The summed E-state index contributed by atoms with van der Waals surface area (Å²) in [6, 6.07) is 15.9. The zero-order valence-electron chi connectivity index (χ0n) is 25.5. The van der Waals surface area contributed by atoms with E-state index in [4.69, 9.17) is 0 Å². The number of nitrogens with zero attached hydrogens (tertiary/aromatic N) is 5. The van der Waals surface area contributed by atoms with Gasteiger partial charge in [-0.25, -0.2) is 22.0 Å². The summed E-state index contributed by atoms with van der Waals surface area (Å²) in [5.41, 5.74) is -1.64. The summed E-state index contributed by atoms with van der Waals surface area (Å²) in [5, 5.41) is 31.3. The highest BCUT2D eigenvalue weighted by molar-refractivity contribution is 7.11. The third-order valence-electron chi connectivity index (χ3n) is 7.59. The molecule has 0 aliphatic carbocycles. The summed E-state index contributed by atoms with van der Waals surface area (Å²) in [5.74, 6) is -12.3. The van der Waals surface area contributed by atoms with Crippen LogP contribution in [0.15, 0.2) is 64.2 Å². The molecule has 0 unspecified atom stereocenters. The molecule has 0 radical (unpaired) electrons. The molecule has 1 aliphatic rings. The van der Waals surface area contributed by atoms with Gasteiger partial charge in [-0.15, -0.1) is 11.3 Å². The largest absolute Gasteiger partial charge is 0.372 e. The van der Waals surface area contributed by atoms with E-state index in [-0.39, 0.29) is 11.1 Å². The second-order valence-electron chi connectivity index (χ2n) is 10.6. The van der Waals surface area contributed by atoms with Gasteiger partial charge in [0, 0.05) is 34.8 Å². The van der Waals surface area contributed by atoms with Crippen LogP contribution < -0.4 is 4.90 Å². The van der Waals surface area contributed by atoms with Crippen LogP contribution in [0.5, 0.6) is 0 Å². The molecule has 1 aliphatic heterocycles. The van der Waals surface area contributed by atoms with Crippen LogP contribution in [-0.4, -0.2) is 23.9 Å². The Morgan fingerprint density at radius 3 is 1.94 bits per heavy atom. The number of carbonyl (C=O) groups excluding carboxylic acids is 1. The average molecular weight is 662 g/mol. The van der Waals surface area contributed by atoms with Crippen LogP contribution in [-0.2, 0) is 11.3 Å². The molecule has 6 nitrogen and oxygen atoms in total. The number of rotatable bonds is 12. The van der Waals surface area contributed by atoms with Crippen LogP contribution in [0.25, 0.3) is 11.6 Å². The molecule has 240 valence electrons. The fraction of sp³-hybridized carbons (Fsp3) is 0.257. The highest BCUT2D eigenvalue weighted by Gasteiger charge is 2.41. The Labute approximate surface area is 273 Å². The number of halogens is 5. The number of hydrogen-bond acceptors (Lipinski definition) is 6. The lowest BCUT2D eigenvalue weighted by Gasteiger charge is -2.24. The van der Waals surface area contributed by atoms with Crippen LogP contribution >= 0.6 is 11.3 Å².